The molecule has 2 fully saturated rings. The van der Waals surface area contributed by atoms with E-state index in [1.165, 1.54) is 12.1 Å². The third-order valence-corrected chi connectivity index (χ3v) is 8.03. The van der Waals surface area contributed by atoms with Crippen molar-refractivity contribution in [3.8, 4) is 5.75 Å². The summed E-state index contributed by atoms with van der Waals surface area (Å²) >= 11 is 0. The van der Waals surface area contributed by atoms with Gasteiger partial charge in [-0.2, -0.15) is 5.10 Å². The van der Waals surface area contributed by atoms with Crippen molar-refractivity contribution in [1.29, 1.82) is 0 Å². The number of carbonyl (C=O) groups excluding carboxylic acids is 1. The fraction of sp³-hybridized carbons (Fsp3) is 0.556. The highest BCUT2D eigenvalue weighted by Gasteiger charge is 2.35. The van der Waals surface area contributed by atoms with E-state index >= 15 is 0 Å². The summed E-state index contributed by atoms with van der Waals surface area (Å²) in [6, 6.07) is 6.24. The summed E-state index contributed by atoms with van der Waals surface area (Å²) in [6.07, 6.45) is 5.91. The zero-order valence-electron chi connectivity index (χ0n) is 21.9. The number of likely N-dealkylation sites (N-methyl/N-ethyl adjacent to an activating group) is 1. The molecule has 11 heteroatoms. The minimum Gasteiger partial charge on any atom is -0.491 e. The van der Waals surface area contributed by atoms with Gasteiger partial charge >= 0.3 is 0 Å². The Labute approximate surface area is 222 Å². The number of piperidine rings is 1. The van der Waals surface area contributed by atoms with Crippen LogP contribution in [0.3, 0.4) is 0 Å². The average molecular weight is 525 g/mol. The summed E-state index contributed by atoms with van der Waals surface area (Å²) in [4.78, 5) is 20.3. The van der Waals surface area contributed by atoms with E-state index in [0.29, 0.717) is 25.4 Å². The molecule has 4 aliphatic rings. The average Bonchev–Trinajstić information content (AvgIpc) is 3.56. The molecule has 1 aromatic heterocycles. The zero-order valence-corrected chi connectivity index (χ0v) is 21.9. The first-order valence-electron chi connectivity index (χ1n) is 13.7. The van der Waals surface area contributed by atoms with Crippen LogP contribution in [0.1, 0.15) is 47.8 Å². The molecule has 204 valence electrons. The number of nitrogens with one attached hydrogen (secondary N) is 2. The van der Waals surface area contributed by atoms with Gasteiger partial charge in [0.25, 0.3) is 5.91 Å². The summed E-state index contributed by atoms with van der Waals surface area (Å²) in [5, 5.41) is 12.1. The van der Waals surface area contributed by atoms with Gasteiger partial charge in [-0.1, -0.05) is 0 Å². The Bertz CT molecular complexity index is 1220. The number of aromatic nitrogens is 2. The molecule has 0 radical (unpaired) electrons. The number of anilines is 1. The highest BCUT2D eigenvalue weighted by molar-refractivity contribution is 5.97. The first-order chi connectivity index (χ1) is 18.5. The molecule has 1 aromatic carbocycles. The maximum Gasteiger partial charge on any atom is 0.258 e. The summed E-state index contributed by atoms with van der Waals surface area (Å²) in [6.45, 7) is 4.89. The molecule has 2 unspecified atom stereocenters. The molecule has 0 saturated carbocycles. The van der Waals surface area contributed by atoms with Gasteiger partial charge in [-0.25, -0.2) is 9.07 Å². The fourth-order valence-corrected chi connectivity index (χ4v) is 5.95. The minimum atomic E-state index is -0.450. The van der Waals surface area contributed by atoms with Gasteiger partial charge in [-0.05, 0) is 50.0 Å². The number of halogens is 1. The molecule has 5 heterocycles. The van der Waals surface area contributed by atoms with Gasteiger partial charge in [-0.15, -0.1) is 0 Å². The lowest BCUT2D eigenvalue weighted by Gasteiger charge is -2.35. The standard InChI is InChI=1S/C27H37FN8O2/c1-33-12-8-30-9-13-38-23-6-5-18(28)14-20(23)27(37)35-10-3-2-4-22(35)21-15-25-31-24(16-26(33)36(25)32-21)34-11-7-19(29)17-34/h5-6,14-16,19,22,24,30-31H,2-4,7-13,17,29H2,1H3/t19-,22?,24?/m0/s1. The number of carbonyl (C=O) groups is 1. The van der Waals surface area contributed by atoms with Gasteiger partial charge in [-0.3, -0.25) is 9.69 Å². The summed E-state index contributed by atoms with van der Waals surface area (Å²) < 4.78 is 22.2. The topological polar surface area (TPSA) is 104 Å². The number of amides is 1. The number of hydrogen-bond donors (Lipinski definition) is 3. The summed E-state index contributed by atoms with van der Waals surface area (Å²) in [5.74, 6) is 1.64. The zero-order chi connectivity index (χ0) is 26.2. The Morgan fingerprint density at radius 3 is 2.87 bits per heavy atom. The molecule has 4 aliphatic heterocycles. The van der Waals surface area contributed by atoms with Gasteiger partial charge in [0.15, 0.2) is 0 Å². The molecule has 2 saturated heterocycles. The van der Waals surface area contributed by atoms with Crippen LogP contribution in [0.2, 0.25) is 0 Å². The van der Waals surface area contributed by atoms with Gasteiger partial charge < -0.3 is 30.9 Å². The van der Waals surface area contributed by atoms with Crippen LogP contribution in [-0.2, 0) is 0 Å². The van der Waals surface area contributed by atoms with Crippen LogP contribution in [0.4, 0.5) is 10.2 Å². The second-order valence-electron chi connectivity index (χ2n) is 10.7. The van der Waals surface area contributed by atoms with Crippen molar-refractivity contribution in [3.63, 3.8) is 0 Å². The van der Waals surface area contributed by atoms with E-state index in [9.17, 15) is 9.18 Å². The maximum atomic E-state index is 14.3. The highest BCUT2D eigenvalue weighted by atomic mass is 19.1. The first-order valence-corrected chi connectivity index (χ1v) is 13.7. The van der Waals surface area contributed by atoms with Gasteiger partial charge in [0.05, 0.1) is 17.3 Å². The highest BCUT2D eigenvalue weighted by Crippen LogP contribution is 2.36. The van der Waals surface area contributed by atoms with Crippen LogP contribution >= 0.6 is 0 Å². The SMILES string of the molecule is CN1CCNCCOc2ccc(F)cc2C(=O)N2CCCCC2c2cc3n(n2)C1=CC(N1CC[C@H](N)C1)N3. The molecule has 4 N–H and O–H groups in total. The number of rotatable bonds is 1. The van der Waals surface area contributed by atoms with E-state index in [-0.39, 0.29) is 29.7 Å². The van der Waals surface area contributed by atoms with Crippen LogP contribution in [0.15, 0.2) is 30.3 Å². The van der Waals surface area contributed by atoms with E-state index < -0.39 is 5.82 Å². The van der Waals surface area contributed by atoms with Gasteiger partial charge in [0, 0.05) is 58.4 Å². The van der Waals surface area contributed by atoms with Crippen LogP contribution < -0.4 is 21.1 Å². The van der Waals surface area contributed by atoms with Crippen LogP contribution in [0.5, 0.6) is 5.75 Å². The number of fused-ring (bicyclic) bond motifs is 4. The Kier molecular flexibility index (Phi) is 6.98. The Morgan fingerprint density at radius 1 is 1.13 bits per heavy atom. The molecule has 10 nitrogen and oxygen atoms in total. The Hall–Kier alpha value is -3.15. The molecule has 3 atom stereocenters. The van der Waals surface area contributed by atoms with Crippen molar-refractivity contribution < 1.29 is 13.9 Å². The van der Waals surface area contributed by atoms with Crippen molar-refractivity contribution in [2.45, 2.75) is 43.9 Å². The molecule has 0 spiro atoms. The molecule has 2 aromatic rings. The van der Waals surface area contributed by atoms with Crippen molar-refractivity contribution >= 4 is 17.5 Å². The lowest BCUT2D eigenvalue weighted by molar-refractivity contribution is 0.0600. The van der Waals surface area contributed by atoms with Gasteiger partial charge in [0.2, 0.25) is 0 Å². The third-order valence-electron chi connectivity index (χ3n) is 8.03. The predicted molar refractivity (Wildman–Crippen MR) is 143 cm³/mol. The molecule has 38 heavy (non-hydrogen) atoms. The van der Waals surface area contributed by atoms with Gasteiger partial charge in [0.1, 0.15) is 36.0 Å². The third kappa shape index (κ3) is 4.85. The molecular weight excluding hydrogens is 487 g/mol. The van der Waals surface area contributed by atoms with Crippen molar-refractivity contribution in [1.82, 2.24) is 29.8 Å². The van der Waals surface area contributed by atoms with Crippen molar-refractivity contribution in [2.24, 2.45) is 5.73 Å². The molecule has 6 rings (SSSR count). The first kappa shape index (κ1) is 25.1. The number of benzene rings is 1. The van der Waals surface area contributed by atoms with Crippen molar-refractivity contribution in [3.05, 3.63) is 47.4 Å². The van der Waals surface area contributed by atoms with E-state index in [1.54, 1.807) is 6.07 Å². The number of likely N-dealkylation sites (tertiary alicyclic amines) is 1. The monoisotopic (exact) mass is 524 g/mol. The molecule has 2 bridgehead atoms. The van der Waals surface area contributed by atoms with Crippen molar-refractivity contribution in [2.75, 3.05) is 58.2 Å². The predicted octanol–water partition coefficient (Wildman–Crippen LogP) is 1.89. The quantitative estimate of drug-likeness (QED) is 0.520. The second-order valence-corrected chi connectivity index (χ2v) is 10.7. The minimum absolute atomic E-state index is 0.0143. The van der Waals surface area contributed by atoms with E-state index in [4.69, 9.17) is 15.6 Å². The normalized spacial score (nSPS) is 26.8. The fourth-order valence-electron chi connectivity index (χ4n) is 5.95. The van der Waals surface area contributed by atoms with E-state index in [1.807, 2.05) is 9.58 Å². The Balaban J connectivity index is 1.39. The number of nitrogens with two attached hydrogens (primary N) is 1. The molecule has 1 amide bonds. The largest absolute Gasteiger partial charge is 0.491 e. The summed E-state index contributed by atoms with van der Waals surface area (Å²) in [5.41, 5.74) is 7.32. The summed E-state index contributed by atoms with van der Waals surface area (Å²) in [7, 11) is 2.08. The Morgan fingerprint density at radius 2 is 2.03 bits per heavy atom. The molecular formula is C27H37FN8O2. The van der Waals surface area contributed by atoms with Crippen LogP contribution in [0.25, 0.3) is 5.82 Å². The van der Waals surface area contributed by atoms with Crippen LogP contribution in [-0.4, -0.2) is 95.5 Å². The maximum absolute atomic E-state index is 14.3. The van der Waals surface area contributed by atoms with Crippen LogP contribution in [0, 0.1) is 5.82 Å². The smallest absolute Gasteiger partial charge is 0.258 e. The van der Waals surface area contributed by atoms with E-state index in [0.717, 1.165) is 69.2 Å². The number of ether oxygens (including phenoxy) is 1. The second kappa shape index (κ2) is 10.5. The lowest BCUT2D eigenvalue weighted by atomic mass is 9.98. The lowest BCUT2D eigenvalue weighted by Crippen LogP contribution is -2.44. The molecule has 0 aliphatic carbocycles. The van der Waals surface area contributed by atoms with E-state index in [2.05, 4.69) is 39.6 Å². The number of hydrogen-bond acceptors (Lipinski definition) is 8. The number of nitrogens with zero attached hydrogens (tertiary/aromatic N) is 5.